The van der Waals surface area contributed by atoms with Gasteiger partial charge >= 0.3 is 5.97 Å². The van der Waals surface area contributed by atoms with Gasteiger partial charge in [-0.3, -0.25) is 4.79 Å². The fourth-order valence-corrected chi connectivity index (χ4v) is 0.671. The highest BCUT2D eigenvalue weighted by molar-refractivity contribution is 5.72. The molecule has 0 spiro atoms. The number of carboxylic acids is 1. The minimum absolute atomic E-state index is 0.0413. The molecule has 5 N–H and O–H groups in total. The molecular weight excluding hydrogens is 258 g/mol. The number of aliphatic hydroxyl groups excluding tert-OH is 2. The van der Waals surface area contributed by atoms with Crippen LogP contribution in [0.5, 0.6) is 0 Å². The molecule has 0 saturated heterocycles. The van der Waals surface area contributed by atoms with Gasteiger partial charge in [0.25, 0.3) is 0 Å². The van der Waals surface area contributed by atoms with Crippen molar-refractivity contribution in [2.24, 2.45) is 5.73 Å². The van der Waals surface area contributed by atoms with E-state index in [9.17, 15) is 4.79 Å². The molecule has 8 heteroatoms. The molecule has 0 fully saturated rings. The third-order valence-corrected chi connectivity index (χ3v) is 1.60. The molecule has 8 nitrogen and oxygen atoms in total. The summed E-state index contributed by atoms with van der Waals surface area (Å²) in [7, 11) is 0. The zero-order chi connectivity index (χ0) is 14.9. The van der Waals surface area contributed by atoms with Crippen molar-refractivity contribution in [2.45, 2.75) is 13.0 Å². The first-order valence-electron chi connectivity index (χ1n) is 5.99. The number of aliphatic hydroxyl groups is 2. The maximum absolute atomic E-state index is 9.57. The van der Waals surface area contributed by atoms with E-state index >= 15 is 0 Å². The van der Waals surface area contributed by atoms with Gasteiger partial charge in [-0.1, -0.05) is 0 Å². The van der Waals surface area contributed by atoms with Gasteiger partial charge in [0.05, 0.1) is 52.9 Å². The Bertz CT molecular complexity index is 180. The summed E-state index contributed by atoms with van der Waals surface area (Å²) in [6.07, 6.45) is 0. The molecule has 1 unspecified atom stereocenters. The van der Waals surface area contributed by atoms with Gasteiger partial charge in [0, 0.05) is 0 Å². The molecule has 0 heterocycles. The van der Waals surface area contributed by atoms with Gasteiger partial charge in [-0.15, -0.1) is 0 Å². The van der Waals surface area contributed by atoms with Gasteiger partial charge in [0.15, 0.2) is 0 Å². The highest BCUT2D eigenvalue weighted by Gasteiger charge is 1.99. The quantitative estimate of drug-likeness (QED) is 0.335. The van der Waals surface area contributed by atoms with Gasteiger partial charge in [-0.2, -0.15) is 0 Å². The maximum Gasteiger partial charge on any atom is 0.320 e. The van der Waals surface area contributed by atoms with Gasteiger partial charge in [-0.05, 0) is 6.92 Å². The van der Waals surface area contributed by atoms with Crippen LogP contribution in [0, 0.1) is 0 Å². The number of nitrogens with two attached hydrogens (primary N) is 1. The average molecular weight is 283 g/mol. The lowest BCUT2D eigenvalue weighted by atomic mass is 10.4. The summed E-state index contributed by atoms with van der Waals surface area (Å²) in [4.78, 5) is 9.57. The summed E-state index contributed by atoms with van der Waals surface area (Å²) < 4.78 is 15.0. The van der Waals surface area contributed by atoms with E-state index < -0.39 is 12.0 Å². The van der Waals surface area contributed by atoms with E-state index in [2.05, 4.69) is 0 Å². The van der Waals surface area contributed by atoms with Crippen LogP contribution in [0.15, 0.2) is 0 Å². The Morgan fingerprint density at radius 3 is 1.42 bits per heavy atom. The van der Waals surface area contributed by atoms with E-state index in [4.69, 9.17) is 35.3 Å². The first-order chi connectivity index (χ1) is 9.06. The van der Waals surface area contributed by atoms with E-state index in [0.717, 1.165) is 0 Å². The smallest absolute Gasteiger partial charge is 0.320 e. The fourth-order valence-electron chi connectivity index (χ4n) is 0.671. The Kier molecular flexibility index (Phi) is 18.6. The lowest BCUT2D eigenvalue weighted by molar-refractivity contribution is -0.138. The molecule has 0 aromatic carbocycles. The van der Waals surface area contributed by atoms with Crippen LogP contribution in [0.1, 0.15) is 6.92 Å². The normalized spacial score (nSPS) is 11.6. The molecule has 116 valence electrons. The molecule has 0 aliphatic rings. The monoisotopic (exact) mass is 283 g/mol. The zero-order valence-corrected chi connectivity index (χ0v) is 11.3. The molecule has 0 aliphatic heterocycles. The maximum atomic E-state index is 9.57. The van der Waals surface area contributed by atoms with Crippen LogP contribution in [-0.2, 0) is 19.0 Å². The average Bonchev–Trinajstić information content (AvgIpc) is 2.37. The van der Waals surface area contributed by atoms with Crippen molar-refractivity contribution in [3.05, 3.63) is 0 Å². The summed E-state index contributed by atoms with van der Waals surface area (Å²) in [6, 6.07) is -0.731. The topological polar surface area (TPSA) is 131 Å². The Morgan fingerprint density at radius 2 is 1.21 bits per heavy atom. The van der Waals surface area contributed by atoms with E-state index in [1.807, 2.05) is 0 Å². The number of carboxylic acid groups (broad SMARTS) is 1. The van der Waals surface area contributed by atoms with E-state index in [-0.39, 0.29) is 13.2 Å². The van der Waals surface area contributed by atoms with E-state index in [1.54, 1.807) is 0 Å². The molecule has 0 saturated carbocycles. The predicted octanol–water partition coefficient (Wildman–Crippen LogP) is -1.56. The Balaban J connectivity index is 0. The van der Waals surface area contributed by atoms with Crippen LogP contribution in [0.4, 0.5) is 0 Å². The van der Waals surface area contributed by atoms with Crippen molar-refractivity contribution >= 4 is 5.97 Å². The second kappa shape index (κ2) is 17.2. The molecule has 0 radical (unpaired) electrons. The van der Waals surface area contributed by atoms with Crippen LogP contribution in [0.2, 0.25) is 0 Å². The van der Waals surface area contributed by atoms with Crippen LogP contribution in [0.25, 0.3) is 0 Å². The number of carbonyl (C=O) groups is 1. The third kappa shape index (κ3) is 22.8. The van der Waals surface area contributed by atoms with Gasteiger partial charge in [0.2, 0.25) is 0 Å². The van der Waals surface area contributed by atoms with Crippen molar-refractivity contribution in [3.63, 3.8) is 0 Å². The second-order valence-corrected chi connectivity index (χ2v) is 3.41. The first kappa shape index (κ1) is 20.5. The summed E-state index contributed by atoms with van der Waals surface area (Å²) in [5.41, 5.74) is 4.84. The first-order valence-corrected chi connectivity index (χ1v) is 5.99. The largest absolute Gasteiger partial charge is 0.480 e. The molecule has 0 aliphatic carbocycles. The molecule has 0 aromatic heterocycles. The number of aliphatic carboxylic acids is 1. The van der Waals surface area contributed by atoms with Crippen molar-refractivity contribution in [3.8, 4) is 0 Å². The molecular formula is C11H25NO7. The number of ether oxygens (including phenoxy) is 3. The predicted molar refractivity (Wildman–Crippen MR) is 67.9 cm³/mol. The molecule has 1 atom stereocenters. The third-order valence-electron chi connectivity index (χ3n) is 1.60. The van der Waals surface area contributed by atoms with Crippen LogP contribution < -0.4 is 5.73 Å². The molecule has 0 amide bonds. The molecule has 19 heavy (non-hydrogen) atoms. The summed E-state index contributed by atoms with van der Waals surface area (Å²) in [5, 5.41) is 24.6. The lowest BCUT2D eigenvalue weighted by Crippen LogP contribution is -2.25. The highest BCUT2D eigenvalue weighted by Crippen LogP contribution is 1.80. The summed E-state index contributed by atoms with van der Waals surface area (Å²) in [5.74, 6) is -0.963. The summed E-state index contributed by atoms with van der Waals surface area (Å²) >= 11 is 0. The summed E-state index contributed by atoms with van der Waals surface area (Å²) in [6.45, 7) is 4.18. The number of hydrogen-bond donors (Lipinski definition) is 4. The van der Waals surface area contributed by atoms with Crippen LogP contribution >= 0.6 is 0 Å². The Hall–Kier alpha value is -0.770. The van der Waals surface area contributed by atoms with Crippen molar-refractivity contribution < 1.29 is 34.3 Å². The SMILES string of the molecule is CC(N)C(=O)O.OCCOCCOCCOCCO. The van der Waals surface area contributed by atoms with Crippen LogP contribution in [-0.4, -0.2) is 80.2 Å². The van der Waals surface area contributed by atoms with Crippen LogP contribution in [0.3, 0.4) is 0 Å². The zero-order valence-electron chi connectivity index (χ0n) is 11.3. The fraction of sp³-hybridized carbons (Fsp3) is 0.909. The van der Waals surface area contributed by atoms with Gasteiger partial charge < -0.3 is 35.3 Å². The molecule has 0 rings (SSSR count). The number of hydrogen-bond acceptors (Lipinski definition) is 7. The minimum atomic E-state index is -0.963. The highest BCUT2D eigenvalue weighted by atomic mass is 16.5. The van der Waals surface area contributed by atoms with E-state index in [0.29, 0.717) is 39.6 Å². The molecule has 0 aromatic rings. The molecule has 0 bridgehead atoms. The van der Waals surface area contributed by atoms with Crippen molar-refractivity contribution in [2.75, 3.05) is 52.9 Å². The standard InChI is InChI=1S/C8H18O5.C3H7NO2/c9-1-3-11-5-7-13-8-6-12-4-2-10;1-2(4)3(5)6/h9-10H,1-8H2;2H,4H2,1H3,(H,5,6). The lowest BCUT2D eigenvalue weighted by Gasteiger charge is -2.04. The van der Waals surface area contributed by atoms with Gasteiger partial charge in [0.1, 0.15) is 6.04 Å². The second-order valence-electron chi connectivity index (χ2n) is 3.41. The Labute approximate surface area is 113 Å². The van der Waals surface area contributed by atoms with E-state index in [1.165, 1.54) is 6.92 Å². The van der Waals surface area contributed by atoms with Crippen molar-refractivity contribution in [1.82, 2.24) is 0 Å². The Morgan fingerprint density at radius 1 is 0.947 bits per heavy atom. The number of rotatable bonds is 11. The van der Waals surface area contributed by atoms with Gasteiger partial charge in [-0.25, -0.2) is 0 Å². The minimum Gasteiger partial charge on any atom is -0.480 e. The van der Waals surface area contributed by atoms with Crippen molar-refractivity contribution in [1.29, 1.82) is 0 Å².